The van der Waals surface area contributed by atoms with Gasteiger partial charge in [-0.05, 0) is 18.2 Å². The Balaban J connectivity index is 2.19. The number of H-pyrrole nitrogens is 1. The summed E-state index contributed by atoms with van der Waals surface area (Å²) in [5.41, 5.74) is 0.285. The van der Waals surface area contributed by atoms with E-state index in [1.807, 2.05) is 0 Å². The third-order valence-corrected chi connectivity index (χ3v) is 2.47. The maximum absolute atomic E-state index is 11.9. The summed E-state index contributed by atoms with van der Waals surface area (Å²) in [6.45, 7) is 0. The van der Waals surface area contributed by atoms with Crippen LogP contribution in [0, 0.1) is 0 Å². The van der Waals surface area contributed by atoms with E-state index >= 15 is 0 Å². The highest BCUT2D eigenvalue weighted by atomic mass is 16.5. The summed E-state index contributed by atoms with van der Waals surface area (Å²) in [4.78, 5) is 25.4. The molecule has 0 spiro atoms. The molecule has 2 aromatic rings. The monoisotopic (exact) mass is 260 g/mol. The topological polar surface area (TPSA) is 91.4 Å². The van der Waals surface area contributed by atoms with Crippen molar-refractivity contribution in [3.8, 4) is 11.5 Å². The quantitative estimate of drug-likeness (QED) is 0.776. The molecule has 19 heavy (non-hydrogen) atoms. The molecule has 0 bridgehead atoms. The smallest absolute Gasteiger partial charge is 0.255 e. The Labute approximate surface area is 108 Å². The molecular formula is C13H12N2O4. The fraction of sp³-hybridized carbons (Fsp3) is 0.0769. The van der Waals surface area contributed by atoms with Crippen molar-refractivity contribution in [3.05, 3.63) is 52.4 Å². The van der Waals surface area contributed by atoms with Crippen LogP contribution in [-0.4, -0.2) is 23.1 Å². The number of amides is 1. The summed E-state index contributed by atoms with van der Waals surface area (Å²) in [5.74, 6) is -0.198. The van der Waals surface area contributed by atoms with Gasteiger partial charge < -0.3 is 20.1 Å². The first-order valence-corrected chi connectivity index (χ1v) is 5.47. The van der Waals surface area contributed by atoms with Crippen LogP contribution in [0.3, 0.4) is 0 Å². The number of hydrogen-bond acceptors (Lipinski definition) is 4. The predicted octanol–water partition coefficient (Wildman–Crippen LogP) is 1.34. The standard InChI is InChI=1S/C13H12N2O4/c1-19-11-3-2-9(7-10(11)16)15-13(18)8-4-5-14-12(17)6-8/h2-7,16H,1H3,(H,14,17)(H,15,18). The number of carbonyl (C=O) groups excluding carboxylic acids is 1. The number of anilines is 1. The lowest BCUT2D eigenvalue weighted by Crippen LogP contribution is -2.15. The van der Waals surface area contributed by atoms with E-state index in [4.69, 9.17) is 4.74 Å². The highest BCUT2D eigenvalue weighted by Crippen LogP contribution is 2.28. The predicted molar refractivity (Wildman–Crippen MR) is 69.7 cm³/mol. The Morgan fingerprint density at radius 1 is 1.32 bits per heavy atom. The van der Waals surface area contributed by atoms with Gasteiger partial charge in [-0.25, -0.2) is 0 Å². The van der Waals surface area contributed by atoms with Crippen LogP contribution in [0.2, 0.25) is 0 Å². The second-order valence-electron chi connectivity index (χ2n) is 3.78. The zero-order valence-electron chi connectivity index (χ0n) is 10.1. The third kappa shape index (κ3) is 2.92. The van der Waals surface area contributed by atoms with Crippen LogP contribution in [0.5, 0.6) is 11.5 Å². The van der Waals surface area contributed by atoms with Crippen molar-refractivity contribution in [2.75, 3.05) is 12.4 Å². The van der Waals surface area contributed by atoms with Crippen LogP contribution in [-0.2, 0) is 0 Å². The molecule has 1 aromatic heterocycles. The van der Waals surface area contributed by atoms with Gasteiger partial charge in [0.2, 0.25) is 5.56 Å². The first-order valence-electron chi connectivity index (χ1n) is 5.47. The van der Waals surface area contributed by atoms with E-state index in [0.29, 0.717) is 11.4 Å². The average molecular weight is 260 g/mol. The second kappa shape index (κ2) is 5.26. The van der Waals surface area contributed by atoms with Crippen molar-refractivity contribution in [2.24, 2.45) is 0 Å². The molecule has 1 aromatic carbocycles. The summed E-state index contributed by atoms with van der Waals surface area (Å²) in [7, 11) is 1.43. The number of pyridine rings is 1. The van der Waals surface area contributed by atoms with Crippen molar-refractivity contribution >= 4 is 11.6 Å². The van der Waals surface area contributed by atoms with E-state index in [1.54, 1.807) is 6.07 Å². The van der Waals surface area contributed by atoms with Gasteiger partial charge in [0, 0.05) is 29.6 Å². The fourth-order valence-electron chi connectivity index (χ4n) is 1.56. The van der Waals surface area contributed by atoms with Crippen molar-refractivity contribution in [1.29, 1.82) is 0 Å². The fourth-order valence-corrected chi connectivity index (χ4v) is 1.56. The Bertz CT molecular complexity index is 664. The van der Waals surface area contributed by atoms with Gasteiger partial charge in [0.15, 0.2) is 11.5 Å². The van der Waals surface area contributed by atoms with E-state index in [-0.39, 0.29) is 16.9 Å². The zero-order valence-corrected chi connectivity index (χ0v) is 10.1. The molecule has 0 aliphatic rings. The molecule has 98 valence electrons. The minimum Gasteiger partial charge on any atom is -0.504 e. The Morgan fingerprint density at radius 3 is 2.74 bits per heavy atom. The lowest BCUT2D eigenvalue weighted by molar-refractivity contribution is 0.102. The molecule has 6 nitrogen and oxygen atoms in total. The van der Waals surface area contributed by atoms with Crippen LogP contribution in [0.1, 0.15) is 10.4 Å². The largest absolute Gasteiger partial charge is 0.504 e. The highest BCUT2D eigenvalue weighted by molar-refractivity contribution is 6.04. The van der Waals surface area contributed by atoms with E-state index in [0.717, 1.165) is 0 Å². The van der Waals surface area contributed by atoms with E-state index < -0.39 is 5.91 Å². The molecule has 0 radical (unpaired) electrons. The minimum absolute atomic E-state index is 0.0776. The van der Waals surface area contributed by atoms with Gasteiger partial charge in [0.1, 0.15) is 0 Å². The summed E-state index contributed by atoms with van der Waals surface area (Å²) in [5, 5.41) is 12.2. The average Bonchev–Trinajstić information content (AvgIpc) is 2.39. The molecule has 0 fully saturated rings. The molecule has 6 heteroatoms. The van der Waals surface area contributed by atoms with E-state index in [9.17, 15) is 14.7 Å². The molecule has 0 unspecified atom stereocenters. The summed E-state index contributed by atoms with van der Waals surface area (Å²) in [6, 6.07) is 7.16. The number of aromatic amines is 1. The number of carbonyl (C=O) groups is 1. The maximum Gasteiger partial charge on any atom is 0.255 e. The summed E-state index contributed by atoms with van der Waals surface area (Å²) < 4.78 is 4.90. The Kier molecular flexibility index (Phi) is 3.51. The zero-order chi connectivity index (χ0) is 13.8. The SMILES string of the molecule is COc1ccc(NC(=O)c2cc[nH]c(=O)c2)cc1O. The number of hydrogen-bond donors (Lipinski definition) is 3. The van der Waals surface area contributed by atoms with Crippen molar-refractivity contribution in [1.82, 2.24) is 4.98 Å². The molecule has 3 N–H and O–H groups in total. The number of ether oxygens (including phenoxy) is 1. The second-order valence-corrected chi connectivity index (χ2v) is 3.78. The number of aromatic hydroxyl groups is 1. The first kappa shape index (κ1) is 12.7. The summed E-state index contributed by atoms with van der Waals surface area (Å²) >= 11 is 0. The first-order chi connectivity index (χ1) is 9.10. The van der Waals surface area contributed by atoms with Gasteiger partial charge in [0.05, 0.1) is 7.11 Å². The minimum atomic E-state index is -0.435. The lowest BCUT2D eigenvalue weighted by atomic mass is 10.2. The van der Waals surface area contributed by atoms with Gasteiger partial charge in [-0.3, -0.25) is 9.59 Å². The Hall–Kier alpha value is -2.76. The molecule has 0 aliphatic heterocycles. The van der Waals surface area contributed by atoms with Crippen molar-refractivity contribution in [3.63, 3.8) is 0 Å². The van der Waals surface area contributed by atoms with Crippen LogP contribution in [0.25, 0.3) is 0 Å². The number of nitrogens with one attached hydrogen (secondary N) is 2. The van der Waals surface area contributed by atoms with Gasteiger partial charge in [-0.2, -0.15) is 0 Å². The van der Waals surface area contributed by atoms with Crippen LogP contribution >= 0.6 is 0 Å². The molecule has 2 rings (SSSR count). The third-order valence-electron chi connectivity index (χ3n) is 2.47. The van der Waals surface area contributed by atoms with Crippen molar-refractivity contribution in [2.45, 2.75) is 0 Å². The molecule has 0 atom stereocenters. The summed E-state index contributed by atoms with van der Waals surface area (Å²) in [6.07, 6.45) is 1.39. The van der Waals surface area contributed by atoms with Crippen LogP contribution in [0.15, 0.2) is 41.3 Å². The Morgan fingerprint density at radius 2 is 2.11 bits per heavy atom. The lowest BCUT2D eigenvalue weighted by Gasteiger charge is -2.07. The van der Waals surface area contributed by atoms with E-state index in [2.05, 4.69) is 10.3 Å². The normalized spacial score (nSPS) is 9.95. The van der Waals surface area contributed by atoms with Crippen LogP contribution in [0.4, 0.5) is 5.69 Å². The highest BCUT2D eigenvalue weighted by Gasteiger charge is 2.08. The number of phenols is 1. The maximum atomic E-state index is 11.9. The molecular weight excluding hydrogens is 248 g/mol. The van der Waals surface area contributed by atoms with Crippen molar-refractivity contribution < 1.29 is 14.6 Å². The number of methoxy groups -OCH3 is 1. The number of benzene rings is 1. The van der Waals surface area contributed by atoms with Gasteiger partial charge in [0.25, 0.3) is 5.91 Å². The number of aromatic nitrogens is 1. The number of phenolic OH excluding ortho intramolecular Hbond substituents is 1. The molecule has 0 saturated heterocycles. The number of rotatable bonds is 3. The molecule has 0 aliphatic carbocycles. The van der Waals surface area contributed by atoms with Crippen LogP contribution < -0.4 is 15.6 Å². The van der Waals surface area contributed by atoms with Gasteiger partial charge in [-0.1, -0.05) is 0 Å². The molecule has 0 saturated carbocycles. The van der Waals surface area contributed by atoms with E-state index in [1.165, 1.54) is 37.6 Å². The van der Waals surface area contributed by atoms with Gasteiger partial charge >= 0.3 is 0 Å². The molecule has 1 amide bonds. The van der Waals surface area contributed by atoms with Gasteiger partial charge in [-0.15, -0.1) is 0 Å². The molecule has 1 heterocycles.